The molecule has 17 heavy (non-hydrogen) atoms. The summed E-state index contributed by atoms with van der Waals surface area (Å²) in [6.45, 7) is 3.07. The van der Waals surface area contributed by atoms with Crippen molar-refractivity contribution in [1.82, 2.24) is 4.90 Å². The Bertz CT molecular complexity index is 432. The third kappa shape index (κ3) is 1.93. The summed E-state index contributed by atoms with van der Waals surface area (Å²) in [5, 5.41) is 0. The molecule has 1 unspecified atom stereocenters. The van der Waals surface area contributed by atoms with Crippen LogP contribution in [0.1, 0.15) is 18.1 Å². The van der Waals surface area contributed by atoms with E-state index in [2.05, 4.69) is 18.9 Å². The second-order valence-corrected chi connectivity index (χ2v) is 4.63. The van der Waals surface area contributed by atoms with Gasteiger partial charge in [0, 0.05) is 29.9 Å². The van der Waals surface area contributed by atoms with Gasteiger partial charge in [-0.3, -0.25) is 4.90 Å². The van der Waals surface area contributed by atoms with Gasteiger partial charge < -0.3 is 15.2 Å². The highest BCUT2D eigenvalue weighted by Crippen LogP contribution is 2.40. The molecule has 0 radical (unpaired) electrons. The number of nitrogens with zero attached hydrogens (tertiary/aromatic N) is 1. The molecule has 0 saturated carbocycles. The maximum absolute atomic E-state index is 6.09. The van der Waals surface area contributed by atoms with Crippen LogP contribution in [0.5, 0.6) is 11.5 Å². The van der Waals surface area contributed by atoms with Crippen molar-refractivity contribution in [1.29, 1.82) is 0 Å². The first kappa shape index (κ1) is 12.0. The average molecular weight is 236 g/mol. The maximum atomic E-state index is 6.09. The van der Waals surface area contributed by atoms with Gasteiger partial charge in [0.15, 0.2) is 11.5 Å². The predicted octanol–water partition coefficient (Wildman–Crippen LogP) is 1.66. The quantitative estimate of drug-likeness (QED) is 0.793. The fourth-order valence-corrected chi connectivity index (χ4v) is 2.39. The number of methoxy groups -OCH3 is 2. The number of fused-ring (bicyclic) bond motifs is 1. The minimum atomic E-state index is 0.489. The second-order valence-electron chi connectivity index (χ2n) is 4.63. The molecule has 1 aromatic carbocycles. The zero-order chi connectivity index (χ0) is 12.6. The van der Waals surface area contributed by atoms with Crippen molar-refractivity contribution >= 4 is 5.69 Å². The molecule has 0 aliphatic carbocycles. The molecule has 1 heterocycles. The van der Waals surface area contributed by atoms with Crippen LogP contribution in [-0.4, -0.2) is 32.2 Å². The Hall–Kier alpha value is -1.42. The van der Waals surface area contributed by atoms with Crippen LogP contribution in [0.4, 0.5) is 5.69 Å². The van der Waals surface area contributed by atoms with E-state index < -0.39 is 0 Å². The molecule has 1 atom stereocenters. The van der Waals surface area contributed by atoms with Gasteiger partial charge in [-0.1, -0.05) is 0 Å². The monoisotopic (exact) mass is 236 g/mol. The van der Waals surface area contributed by atoms with Gasteiger partial charge in [0.1, 0.15) is 0 Å². The topological polar surface area (TPSA) is 47.7 Å². The van der Waals surface area contributed by atoms with Gasteiger partial charge in [-0.2, -0.15) is 0 Å². The molecule has 0 bridgehead atoms. The smallest absolute Gasteiger partial charge is 0.164 e. The third-order valence-corrected chi connectivity index (χ3v) is 3.58. The van der Waals surface area contributed by atoms with E-state index >= 15 is 0 Å². The number of hydrogen-bond donors (Lipinski definition) is 1. The molecule has 0 spiro atoms. The number of hydrogen-bond acceptors (Lipinski definition) is 4. The van der Waals surface area contributed by atoms with Crippen LogP contribution in [0.25, 0.3) is 0 Å². The minimum Gasteiger partial charge on any atom is -0.493 e. The molecule has 1 aromatic rings. The van der Waals surface area contributed by atoms with E-state index in [0.29, 0.717) is 6.04 Å². The summed E-state index contributed by atoms with van der Waals surface area (Å²) in [7, 11) is 5.43. The lowest BCUT2D eigenvalue weighted by molar-refractivity contribution is 0.227. The fourth-order valence-electron chi connectivity index (χ4n) is 2.39. The van der Waals surface area contributed by atoms with Crippen LogP contribution in [0.2, 0.25) is 0 Å². The zero-order valence-corrected chi connectivity index (χ0v) is 10.9. The summed E-state index contributed by atoms with van der Waals surface area (Å²) in [5.74, 6) is 1.55. The number of anilines is 1. The Kier molecular flexibility index (Phi) is 3.15. The summed E-state index contributed by atoms with van der Waals surface area (Å²) >= 11 is 0. The molecule has 0 saturated heterocycles. The highest BCUT2D eigenvalue weighted by atomic mass is 16.5. The van der Waals surface area contributed by atoms with Crippen molar-refractivity contribution in [2.45, 2.75) is 25.9 Å². The highest BCUT2D eigenvalue weighted by molar-refractivity contribution is 5.64. The average Bonchev–Trinajstić information content (AvgIpc) is 2.31. The number of benzene rings is 1. The Morgan fingerprint density at radius 1 is 1.29 bits per heavy atom. The SMILES string of the molecule is COc1cc(N)c2c(c1OC)CC(C)N(C)C2. The lowest BCUT2D eigenvalue weighted by Gasteiger charge is -2.33. The van der Waals surface area contributed by atoms with Crippen LogP contribution in [-0.2, 0) is 13.0 Å². The van der Waals surface area contributed by atoms with E-state index in [4.69, 9.17) is 15.2 Å². The van der Waals surface area contributed by atoms with Crippen LogP contribution in [0, 0.1) is 0 Å². The lowest BCUT2D eigenvalue weighted by atomic mass is 9.92. The normalized spacial score (nSPS) is 19.9. The van der Waals surface area contributed by atoms with Gasteiger partial charge in [0.25, 0.3) is 0 Å². The van der Waals surface area contributed by atoms with Crippen molar-refractivity contribution in [3.63, 3.8) is 0 Å². The van der Waals surface area contributed by atoms with E-state index in [-0.39, 0.29) is 0 Å². The summed E-state index contributed by atoms with van der Waals surface area (Å²) in [4.78, 5) is 2.30. The van der Waals surface area contributed by atoms with Crippen LogP contribution in [0.3, 0.4) is 0 Å². The summed E-state index contributed by atoms with van der Waals surface area (Å²) < 4.78 is 10.8. The first-order valence-electron chi connectivity index (χ1n) is 5.81. The van der Waals surface area contributed by atoms with E-state index in [1.165, 1.54) is 11.1 Å². The molecule has 1 aliphatic rings. The maximum Gasteiger partial charge on any atom is 0.164 e. The number of nitrogen functional groups attached to an aromatic ring is 1. The number of nitrogens with two attached hydrogens (primary N) is 1. The van der Waals surface area contributed by atoms with Gasteiger partial charge >= 0.3 is 0 Å². The van der Waals surface area contributed by atoms with Crippen molar-refractivity contribution in [2.75, 3.05) is 27.0 Å². The first-order valence-corrected chi connectivity index (χ1v) is 5.81. The van der Waals surface area contributed by atoms with Crippen LogP contribution < -0.4 is 15.2 Å². The standard InChI is InChI=1S/C13H20N2O2/c1-8-5-9-10(7-15(8)2)11(14)6-12(16-3)13(9)17-4/h6,8H,5,7,14H2,1-4H3. The molecule has 2 N–H and O–H groups in total. The summed E-state index contributed by atoms with van der Waals surface area (Å²) in [6, 6.07) is 2.34. The van der Waals surface area contributed by atoms with Gasteiger partial charge in [-0.25, -0.2) is 0 Å². The molecule has 2 rings (SSSR count). The summed E-state index contributed by atoms with van der Waals surface area (Å²) in [5.41, 5.74) is 9.23. The molecular formula is C13H20N2O2. The van der Waals surface area contributed by atoms with E-state index in [1.807, 2.05) is 6.07 Å². The Morgan fingerprint density at radius 3 is 2.59 bits per heavy atom. The molecule has 0 aromatic heterocycles. The van der Waals surface area contributed by atoms with Gasteiger partial charge in [0.05, 0.1) is 14.2 Å². The zero-order valence-electron chi connectivity index (χ0n) is 10.9. The molecule has 4 heteroatoms. The van der Waals surface area contributed by atoms with Crippen LogP contribution >= 0.6 is 0 Å². The number of ether oxygens (including phenoxy) is 2. The number of likely N-dealkylation sites (N-methyl/N-ethyl adjacent to an activating group) is 1. The van der Waals surface area contributed by atoms with Crippen molar-refractivity contribution in [2.24, 2.45) is 0 Å². The summed E-state index contributed by atoms with van der Waals surface area (Å²) in [6.07, 6.45) is 0.941. The first-order chi connectivity index (χ1) is 8.08. The Balaban J connectivity index is 2.58. The number of rotatable bonds is 2. The van der Waals surface area contributed by atoms with Gasteiger partial charge in [0.2, 0.25) is 0 Å². The van der Waals surface area contributed by atoms with E-state index in [1.54, 1.807) is 14.2 Å². The Labute approximate surface area is 102 Å². The van der Waals surface area contributed by atoms with Crippen LogP contribution in [0.15, 0.2) is 6.07 Å². The third-order valence-electron chi connectivity index (χ3n) is 3.58. The van der Waals surface area contributed by atoms with E-state index in [0.717, 1.165) is 30.2 Å². The largest absolute Gasteiger partial charge is 0.493 e. The Morgan fingerprint density at radius 2 is 2.00 bits per heavy atom. The predicted molar refractivity (Wildman–Crippen MR) is 68.6 cm³/mol. The molecule has 0 amide bonds. The molecule has 0 fully saturated rings. The molecular weight excluding hydrogens is 216 g/mol. The molecule has 1 aliphatic heterocycles. The van der Waals surface area contributed by atoms with Crippen molar-refractivity contribution < 1.29 is 9.47 Å². The van der Waals surface area contributed by atoms with Gasteiger partial charge in [-0.05, 0) is 26.0 Å². The molecule has 4 nitrogen and oxygen atoms in total. The lowest BCUT2D eigenvalue weighted by Crippen LogP contribution is -2.35. The van der Waals surface area contributed by atoms with E-state index in [9.17, 15) is 0 Å². The van der Waals surface area contributed by atoms with Gasteiger partial charge in [-0.15, -0.1) is 0 Å². The van der Waals surface area contributed by atoms with Crippen molar-refractivity contribution in [3.8, 4) is 11.5 Å². The molecule has 94 valence electrons. The fraction of sp³-hybridized carbons (Fsp3) is 0.538. The second kappa shape index (κ2) is 4.45. The highest BCUT2D eigenvalue weighted by Gasteiger charge is 2.26. The van der Waals surface area contributed by atoms with Crippen molar-refractivity contribution in [3.05, 3.63) is 17.2 Å². The minimum absolute atomic E-state index is 0.489.